The molecule has 3 aliphatic rings. The van der Waals surface area contributed by atoms with Crippen LogP contribution in [-0.4, -0.2) is 9.55 Å². The molecule has 1 spiro atoms. The van der Waals surface area contributed by atoms with E-state index in [0.29, 0.717) is 17.9 Å². The molecule has 2 aromatic heterocycles. The molecule has 4 atom stereocenters. The first-order chi connectivity index (χ1) is 18.2. The zero-order valence-electron chi connectivity index (χ0n) is 21.8. The summed E-state index contributed by atoms with van der Waals surface area (Å²) in [6, 6.07) is 22.6. The minimum Gasteiger partial charge on any atom is -0.333 e. The molecule has 2 nitrogen and oxygen atoms in total. The molecule has 0 amide bonds. The smallest absolute Gasteiger partial charge is 0.0622 e. The van der Waals surface area contributed by atoms with Gasteiger partial charge in [0.15, 0.2) is 0 Å². The first-order valence-corrected chi connectivity index (χ1v) is 13.8. The summed E-state index contributed by atoms with van der Waals surface area (Å²) in [5.41, 5.74) is 8.78. The number of para-hydroxylation sites is 2. The van der Waals surface area contributed by atoms with Gasteiger partial charge in [-0.25, -0.2) is 0 Å². The van der Waals surface area contributed by atoms with Gasteiger partial charge in [0.25, 0.3) is 0 Å². The Morgan fingerprint density at radius 1 is 0.919 bits per heavy atom. The molecule has 0 bridgehead atoms. The Bertz CT molecular complexity index is 1560. The summed E-state index contributed by atoms with van der Waals surface area (Å²) < 4.78 is 2.66. The molecule has 0 saturated heterocycles. The van der Waals surface area contributed by atoms with Crippen LogP contribution >= 0.6 is 0 Å². The largest absolute Gasteiger partial charge is 0.333 e. The van der Waals surface area contributed by atoms with E-state index in [1.807, 2.05) is 12.4 Å². The number of allylic oxidation sites excluding steroid dienone is 8. The van der Waals surface area contributed by atoms with E-state index in [0.717, 1.165) is 12.8 Å². The lowest BCUT2D eigenvalue weighted by Gasteiger charge is -2.31. The van der Waals surface area contributed by atoms with E-state index in [1.165, 1.54) is 51.4 Å². The van der Waals surface area contributed by atoms with E-state index in [-0.39, 0.29) is 5.41 Å². The van der Waals surface area contributed by atoms with Crippen molar-refractivity contribution in [3.8, 4) is 0 Å². The Morgan fingerprint density at radius 3 is 2.32 bits per heavy atom. The van der Waals surface area contributed by atoms with Gasteiger partial charge in [-0.15, -0.1) is 0 Å². The zero-order valence-corrected chi connectivity index (χ0v) is 21.8. The quantitative estimate of drug-likeness (QED) is 0.277. The third-order valence-corrected chi connectivity index (χ3v) is 9.25. The van der Waals surface area contributed by atoms with E-state index in [2.05, 4.69) is 114 Å². The summed E-state index contributed by atoms with van der Waals surface area (Å²) in [5.74, 6) is 1.14. The summed E-state index contributed by atoms with van der Waals surface area (Å²) >= 11 is 0. The Morgan fingerprint density at radius 2 is 1.62 bits per heavy atom. The summed E-state index contributed by atoms with van der Waals surface area (Å²) in [6.07, 6.45) is 20.8. The molecule has 4 aromatic rings. The van der Waals surface area contributed by atoms with Gasteiger partial charge >= 0.3 is 0 Å². The van der Waals surface area contributed by atoms with E-state index in [4.69, 9.17) is 0 Å². The van der Waals surface area contributed by atoms with Crippen LogP contribution in [0.1, 0.15) is 57.1 Å². The van der Waals surface area contributed by atoms with Crippen LogP contribution in [0.3, 0.4) is 0 Å². The van der Waals surface area contributed by atoms with Crippen molar-refractivity contribution in [2.45, 2.75) is 51.5 Å². The summed E-state index contributed by atoms with van der Waals surface area (Å²) in [4.78, 5) is 4.24. The minimum atomic E-state index is 0.187. The van der Waals surface area contributed by atoms with Crippen LogP contribution in [0, 0.1) is 11.3 Å². The van der Waals surface area contributed by atoms with Gasteiger partial charge in [-0.1, -0.05) is 90.4 Å². The van der Waals surface area contributed by atoms with Crippen molar-refractivity contribution < 1.29 is 0 Å². The second-order valence-electron chi connectivity index (χ2n) is 11.3. The van der Waals surface area contributed by atoms with Gasteiger partial charge in [0.1, 0.15) is 0 Å². The summed E-state index contributed by atoms with van der Waals surface area (Å²) in [5, 5.41) is 2.73. The maximum atomic E-state index is 4.24. The number of hydrogen-bond donors (Lipinski definition) is 0. The number of benzene rings is 2. The van der Waals surface area contributed by atoms with Gasteiger partial charge in [-0.05, 0) is 68.4 Å². The van der Waals surface area contributed by atoms with Crippen LogP contribution in [0.4, 0.5) is 0 Å². The lowest BCUT2D eigenvalue weighted by molar-refractivity contribution is 0.411. The van der Waals surface area contributed by atoms with Gasteiger partial charge in [0.2, 0.25) is 0 Å². The molecule has 1 saturated carbocycles. The Balaban J connectivity index is 1.25. The Kier molecular flexibility index (Phi) is 5.32. The molecule has 7 rings (SSSR count). The van der Waals surface area contributed by atoms with Gasteiger partial charge in [-0.3, -0.25) is 4.98 Å². The van der Waals surface area contributed by atoms with Crippen LogP contribution in [0.25, 0.3) is 21.8 Å². The van der Waals surface area contributed by atoms with E-state index in [1.54, 1.807) is 5.57 Å². The lowest BCUT2D eigenvalue weighted by Crippen LogP contribution is -2.22. The number of nitrogens with zero attached hydrogens (tertiary/aromatic N) is 2. The summed E-state index contributed by atoms with van der Waals surface area (Å²) in [6.45, 7) is 4.55. The fourth-order valence-electron chi connectivity index (χ4n) is 7.07. The molecule has 2 aromatic carbocycles. The first-order valence-electron chi connectivity index (χ1n) is 13.8. The van der Waals surface area contributed by atoms with Crippen LogP contribution in [0.5, 0.6) is 0 Å². The SMILES string of the molecule is CCC1=CC(n2c3ccccc3c3ccccc32)C2(C=C1)CC2CC1=CC=C(C)C(c2ccncc2)C1. The number of rotatable bonds is 5. The van der Waals surface area contributed by atoms with Gasteiger partial charge < -0.3 is 4.57 Å². The molecule has 0 aliphatic heterocycles. The van der Waals surface area contributed by atoms with E-state index in [9.17, 15) is 0 Å². The highest BCUT2D eigenvalue weighted by atomic mass is 15.0. The third kappa shape index (κ3) is 3.65. The fourth-order valence-corrected chi connectivity index (χ4v) is 7.07. The molecule has 37 heavy (non-hydrogen) atoms. The maximum Gasteiger partial charge on any atom is 0.0622 e. The molecule has 1 fully saturated rings. The monoisotopic (exact) mass is 482 g/mol. The maximum absolute atomic E-state index is 4.24. The van der Waals surface area contributed by atoms with E-state index >= 15 is 0 Å². The second-order valence-corrected chi connectivity index (χ2v) is 11.3. The molecule has 0 radical (unpaired) electrons. The van der Waals surface area contributed by atoms with Crippen LogP contribution < -0.4 is 0 Å². The first kappa shape index (κ1) is 22.5. The molecular weight excluding hydrogens is 448 g/mol. The second kappa shape index (κ2) is 8.73. The van der Waals surface area contributed by atoms with Crippen molar-refractivity contribution in [2.24, 2.45) is 11.3 Å². The van der Waals surface area contributed by atoms with Crippen molar-refractivity contribution in [3.05, 3.63) is 126 Å². The van der Waals surface area contributed by atoms with Crippen LogP contribution in [0.15, 0.2) is 120 Å². The van der Waals surface area contributed by atoms with Crippen molar-refractivity contribution >= 4 is 21.8 Å². The van der Waals surface area contributed by atoms with Crippen LogP contribution in [-0.2, 0) is 0 Å². The van der Waals surface area contributed by atoms with Gasteiger partial charge in [0, 0.05) is 45.5 Å². The average molecular weight is 483 g/mol. The highest BCUT2D eigenvalue weighted by Gasteiger charge is 2.58. The van der Waals surface area contributed by atoms with Crippen molar-refractivity contribution in [1.29, 1.82) is 0 Å². The minimum absolute atomic E-state index is 0.187. The van der Waals surface area contributed by atoms with Gasteiger partial charge in [0.05, 0.1) is 6.04 Å². The highest BCUT2D eigenvalue weighted by molar-refractivity contribution is 6.08. The predicted molar refractivity (Wildman–Crippen MR) is 155 cm³/mol. The van der Waals surface area contributed by atoms with Crippen LogP contribution in [0.2, 0.25) is 0 Å². The highest BCUT2D eigenvalue weighted by Crippen LogP contribution is 2.66. The van der Waals surface area contributed by atoms with Crippen molar-refractivity contribution in [3.63, 3.8) is 0 Å². The molecular formula is C35H34N2. The topological polar surface area (TPSA) is 17.8 Å². The predicted octanol–water partition coefficient (Wildman–Crippen LogP) is 9.09. The number of pyridine rings is 1. The normalized spacial score (nSPS) is 26.9. The van der Waals surface area contributed by atoms with Crippen molar-refractivity contribution in [1.82, 2.24) is 9.55 Å². The number of fused-ring (bicyclic) bond motifs is 3. The lowest BCUT2D eigenvalue weighted by atomic mass is 9.80. The molecule has 2 heterocycles. The van der Waals surface area contributed by atoms with E-state index < -0.39 is 0 Å². The molecule has 2 heteroatoms. The standard InChI is InChI=1S/C35H34N2/c1-3-25-14-17-35(23-28(35)20-26-13-12-24(2)31(21-26)27-15-18-36-19-16-27)34(22-25)37-32-10-6-4-8-29(32)30-9-5-7-11-33(30)37/h4-19,22,28,31,34H,3,20-21,23H2,1-2H3. The van der Waals surface area contributed by atoms with Crippen molar-refractivity contribution in [2.75, 3.05) is 0 Å². The third-order valence-electron chi connectivity index (χ3n) is 9.25. The number of aromatic nitrogens is 2. The molecule has 4 unspecified atom stereocenters. The zero-order chi connectivity index (χ0) is 25.0. The molecule has 184 valence electrons. The Hall–Kier alpha value is -3.65. The molecule has 3 aliphatic carbocycles. The average Bonchev–Trinajstić information content (AvgIpc) is 3.52. The van der Waals surface area contributed by atoms with Gasteiger partial charge in [-0.2, -0.15) is 0 Å². The fraction of sp³-hybridized carbons (Fsp3) is 0.286. The summed E-state index contributed by atoms with van der Waals surface area (Å²) in [7, 11) is 0. The number of hydrogen-bond acceptors (Lipinski definition) is 1. The molecule has 0 N–H and O–H groups in total. The Labute approximate surface area is 219 Å².